The number of fused-ring (bicyclic) bond motifs is 13. The lowest BCUT2D eigenvalue weighted by Gasteiger charge is -2.11. The third-order valence-electron chi connectivity index (χ3n) is 12.1. The topological polar surface area (TPSA) is 48.8 Å². The first-order chi connectivity index (χ1) is 29.3. The number of hydrogen-bond donors (Lipinski definition) is 0. The lowest BCUT2D eigenvalue weighted by atomic mass is 10.0. The van der Waals surface area contributed by atoms with Crippen LogP contribution in [0.15, 0.2) is 199 Å². The minimum atomic E-state index is 0.623. The number of hydrogen-bond acceptors (Lipinski definition) is 3. The smallest absolute Gasteiger partial charge is 0.235 e. The molecule has 0 aliphatic carbocycles. The molecule has 13 rings (SSSR count). The molecule has 0 unspecified atom stereocenters. The third kappa shape index (κ3) is 4.67. The molecule has 0 fully saturated rings. The van der Waals surface area contributed by atoms with Gasteiger partial charge in [-0.25, -0.2) is 9.97 Å². The fraction of sp³-hybridized carbons (Fsp3) is 0. The predicted octanol–water partition coefficient (Wildman–Crippen LogP) is 14.2. The van der Waals surface area contributed by atoms with Crippen molar-refractivity contribution < 1.29 is 4.42 Å². The van der Waals surface area contributed by atoms with Crippen molar-refractivity contribution in [3.8, 4) is 34.0 Å². The molecular weight excluding hydrogens is 721 g/mol. The number of furan rings is 1. The Morgan fingerprint density at radius 1 is 0.373 bits per heavy atom. The number of aromatic nitrogens is 4. The van der Waals surface area contributed by atoms with Gasteiger partial charge in [0.05, 0.1) is 38.7 Å². The van der Waals surface area contributed by atoms with Crippen LogP contribution < -0.4 is 0 Å². The summed E-state index contributed by atoms with van der Waals surface area (Å²) in [5.41, 5.74) is 12.4. The Morgan fingerprint density at radius 2 is 1.05 bits per heavy atom. The minimum absolute atomic E-state index is 0.623. The highest BCUT2D eigenvalue weighted by Crippen LogP contribution is 2.44. The molecule has 0 N–H and O–H groups in total. The standard InChI is InChI=1S/C54H32N4O/c1-3-13-33(14-4-1)36-24-27-46-42(31-36)39-19-10-12-22-45(39)57(46)37-25-30-49-43(32-37)40-26-29-48-51(53(40)59-49)50-38-18-8-7-15-34(38)23-28-47(50)58(48)54-55-44-21-11-9-20-41(44)52(56-54)35-16-5-2-6-17-35/h1-32H. The molecule has 4 aromatic heterocycles. The summed E-state index contributed by atoms with van der Waals surface area (Å²) in [6.07, 6.45) is 0. The normalized spacial score (nSPS) is 12.1. The van der Waals surface area contributed by atoms with E-state index in [1.54, 1.807) is 0 Å². The van der Waals surface area contributed by atoms with Crippen LogP contribution >= 0.6 is 0 Å². The zero-order chi connectivity index (χ0) is 38.6. The van der Waals surface area contributed by atoms with Crippen LogP contribution in [0, 0.1) is 0 Å². The molecule has 0 bridgehead atoms. The Morgan fingerprint density at radius 3 is 1.92 bits per heavy atom. The SMILES string of the molecule is c1ccc(-c2ccc3c(c2)c2ccccc2n3-c2ccc3oc4c(ccc5c4c4c6ccccc6ccc4n5-c4nc(-c5ccccc5)c5ccccc5n4)c3c2)cc1. The van der Waals surface area contributed by atoms with Gasteiger partial charge >= 0.3 is 0 Å². The maximum Gasteiger partial charge on any atom is 0.235 e. The maximum absolute atomic E-state index is 6.98. The van der Waals surface area contributed by atoms with Gasteiger partial charge in [0, 0.05) is 43.6 Å². The van der Waals surface area contributed by atoms with Gasteiger partial charge in [-0.15, -0.1) is 0 Å². The quantitative estimate of drug-likeness (QED) is 0.180. The van der Waals surface area contributed by atoms with Crippen molar-refractivity contribution in [2.24, 2.45) is 0 Å². The fourth-order valence-electron chi connectivity index (χ4n) is 9.48. The van der Waals surface area contributed by atoms with E-state index in [9.17, 15) is 0 Å². The largest absolute Gasteiger partial charge is 0.455 e. The minimum Gasteiger partial charge on any atom is -0.455 e. The number of rotatable bonds is 4. The Kier molecular flexibility index (Phi) is 6.66. The van der Waals surface area contributed by atoms with Gasteiger partial charge < -0.3 is 8.98 Å². The Bertz CT molecular complexity index is 3840. The van der Waals surface area contributed by atoms with Gasteiger partial charge in [0.2, 0.25) is 5.95 Å². The maximum atomic E-state index is 6.98. The van der Waals surface area contributed by atoms with E-state index in [1.807, 2.05) is 12.1 Å². The molecule has 0 atom stereocenters. The summed E-state index contributed by atoms with van der Waals surface area (Å²) in [6, 6.07) is 68.8. The zero-order valence-corrected chi connectivity index (χ0v) is 31.7. The number of nitrogens with zero attached hydrogens (tertiary/aromatic N) is 4. The Labute approximate surface area is 337 Å². The molecule has 13 aromatic rings. The van der Waals surface area contributed by atoms with Gasteiger partial charge in [0.1, 0.15) is 11.2 Å². The van der Waals surface area contributed by atoms with Gasteiger partial charge in [-0.3, -0.25) is 4.57 Å². The molecule has 0 saturated carbocycles. The highest BCUT2D eigenvalue weighted by atomic mass is 16.3. The summed E-state index contributed by atoms with van der Waals surface area (Å²) in [6.45, 7) is 0. The molecular formula is C54H32N4O. The van der Waals surface area contributed by atoms with E-state index in [0.717, 1.165) is 77.0 Å². The van der Waals surface area contributed by atoms with E-state index in [4.69, 9.17) is 14.4 Å². The van der Waals surface area contributed by atoms with E-state index in [0.29, 0.717) is 5.95 Å². The lowest BCUT2D eigenvalue weighted by molar-refractivity contribution is 0.673. The van der Waals surface area contributed by atoms with Crippen molar-refractivity contribution in [2.45, 2.75) is 0 Å². The zero-order valence-electron chi connectivity index (χ0n) is 31.7. The van der Waals surface area contributed by atoms with Crippen LogP contribution in [-0.4, -0.2) is 19.1 Å². The average molecular weight is 753 g/mol. The summed E-state index contributed by atoms with van der Waals surface area (Å²) in [7, 11) is 0. The van der Waals surface area contributed by atoms with Crippen LogP contribution in [0.3, 0.4) is 0 Å². The van der Waals surface area contributed by atoms with Gasteiger partial charge in [0.15, 0.2) is 0 Å². The molecule has 9 aromatic carbocycles. The highest BCUT2D eigenvalue weighted by molar-refractivity contribution is 6.29. The molecule has 5 heteroatoms. The number of para-hydroxylation sites is 2. The van der Waals surface area contributed by atoms with Crippen molar-refractivity contribution in [1.82, 2.24) is 19.1 Å². The Balaban J connectivity index is 1.08. The van der Waals surface area contributed by atoms with E-state index < -0.39 is 0 Å². The van der Waals surface area contributed by atoms with Crippen molar-refractivity contribution in [3.05, 3.63) is 194 Å². The van der Waals surface area contributed by atoms with Gasteiger partial charge in [-0.1, -0.05) is 133 Å². The molecule has 0 saturated heterocycles. The predicted molar refractivity (Wildman–Crippen MR) is 244 cm³/mol. The monoisotopic (exact) mass is 752 g/mol. The number of benzene rings is 9. The second-order valence-electron chi connectivity index (χ2n) is 15.3. The Hall–Kier alpha value is -8.02. The van der Waals surface area contributed by atoms with Crippen molar-refractivity contribution in [1.29, 1.82) is 0 Å². The molecule has 5 nitrogen and oxygen atoms in total. The summed E-state index contributed by atoms with van der Waals surface area (Å²) in [4.78, 5) is 10.6. The molecule has 0 spiro atoms. The average Bonchev–Trinajstić information content (AvgIpc) is 3.96. The summed E-state index contributed by atoms with van der Waals surface area (Å²) in [5.74, 6) is 0.623. The van der Waals surface area contributed by atoms with E-state index in [-0.39, 0.29) is 0 Å². The van der Waals surface area contributed by atoms with Crippen LogP contribution in [-0.2, 0) is 0 Å². The molecule has 274 valence electrons. The van der Waals surface area contributed by atoms with Crippen molar-refractivity contribution in [3.63, 3.8) is 0 Å². The van der Waals surface area contributed by atoms with Crippen molar-refractivity contribution in [2.75, 3.05) is 0 Å². The van der Waals surface area contributed by atoms with Crippen LogP contribution in [0.1, 0.15) is 0 Å². The first-order valence-electron chi connectivity index (χ1n) is 20.0. The van der Waals surface area contributed by atoms with Crippen molar-refractivity contribution >= 4 is 87.2 Å². The van der Waals surface area contributed by atoms with Gasteiger partial charge in [-0.2, -0.15) is 0 Å². The summed E-state index contributed by atoms with van der Waals surface area (Å²) >= 11 is 0. The second kappa shape index (κ2) is 12.2. The van der Waals surface area contributed by atoms with Crippen LogP contribution in [0.2, 0.25) is 0 Å². The third-order valence-corrected chi connectivity index (χ3v) is 12.1. The first-order valence-corrected chi connectivity index (χ1v) is 20.0. The first kappa shape index (κ1) is 32.1. The second-order valence-corrected chi connectivity index (χ2v) is 15.3. The fourth-order valence-corrected chi connectivity index (χ4v) is 9.48. The van der Waals surface area contributed by atoms with Crippen LogP contribution in [0.4, 0.5) is 0 Å². The molecule has 0 amide bonds. The van der Waals surface area contributed by atoms with E-state index in [2.05, 4.69) is 191 Å². The molecule has 59 heavy (non-hydrogen) atoms. The molecule has 4 heterocycles. The lowest BCUT2D eigenvalue weighted by Crippen LogP contribution is -2.03. The summed E-state index contributed by atoms with van der Waals surface area (Å²) < 4.78 is 11.6. The van der Waals surface area contributed by atoms with Crippen LogP contribution in [0.5, 0.6) is 0 Å². The van der Waals surface area contributed by atoms with Gasteiger partial charge in [0.25, 0.3) is 0 Å². The van der Waals surface area contributed by atoms with Gasteiger partial charge in [-0.05, 0) is 82.6 Å². The molecule has 0 aliphatic rings. The molecule has 0 radical (unpaired) electrons. The van der Waals surface area contributed by atoms with E-state index in [1.165, 1.54) is 38.3 Å². The summed E-state index contributed by atoms with van der Waals surface area (Å²) in [5, 5.41) is 10.1. The van der Waals surface area contributed by atoms with Crippen LogP contribution in [0.25, 0.3) is 121 Å². The van der Waals surface area contributed by atoms with E-state index >= 15 is 0 Å². The molecule has 0 aliphatic heterocycles. The highest BCUT2D eigenvalue weighted by Gasteiger charge is 2.23.